The van der Waals surface area contributed by atoms with Crippen molar-refractivity contribution < 1.29 is 14.7 Å². The molecule has 2 amide bonds. The van der Waals surface area contributed by atoms with E-state index in [1.54, 1.807) is 18.2 Å². The summed E-state index contributed by atoms with van der Waals surface area (Å²) in [5.41, 5.74) is 3.56. The van der Waals surface area contributed by atoms with Gasteiger partial charge in [-0.25, -0.2) is 0 Å². The highest BCUT2D eigenvalue weighted by Gasteiger charge is 2.25. The number of amides is 2. The van der Waals surface area contributed by atoms with Crippen LogP contribution < -0.4 is 5.32 Å². The third kappa shape index (κ3) is 3.57. The standard InChI is InChI=1S/C21H20N2O3S/c1-13-20(25)22-18-12-16(4-7-19(18)27-13)21(26)23-10-8-15(9-11-23)14-2-5-17(24)6-3-14/h2-8,12-13,24H,9-11H2,1H3,(H,22,25). The number of phenolic OH excluding ortho intramolecular Hbond substituents is 1. The fourth-order valence-electron chi connectivity index (χ4n) is 3.32. The van der Waals surface area contributed by atoms with Gasteiger partial charge in [0, 0.05) is 23.5 Å². The molecule has 2 N–H and O–H groups in total. The van der Waals surface area contributed by atoms with Crippen LogP contribution in [0.5, 0.6) is 5.75 Å². The summed E-state index contributed by atoms with van der Waals surface area (Å²) >= 11 is 1.51. The summed E-state index contributed by atoms with van der Waals surface area (Å²) in [4.78, 5) is 27.5. The average Bonchev–Trinajstić information content (AvgIpc) is 2.69. The van der Waals surface area contributed by atoms with Gasteiger partial charge in [0.15, 0.2) is 0 Å². The van der Waals surface area contributed by atoms with Gasteiger partial charge < -0.3 is 15.3 Å². The maximum Gasteiger partial charge on any atom is 0.254 e. The van der Waals surface area contributed by atoms with Crippen LogP contribution in [0.1, 0.15) is 29.3 Å². The maximum absolute atomic E-state index is 12.9. The molecule has 0 radical (unpaired) electrons. The smallest absolute Gasteiger partial charge is 0.254 e. The number of rotatable bonds is 2. The molecule has 138 valence electrons. The minimum absolute atomic E-state index is 0.0309. The van der Waals surface area contributed by atoms with Gasteiger partial charge in [-0.3, -0.25) is 9.59 Å². The van der Waals surface area contributed by atoms with Crippen LogP contribution in [0.25, 0.3) is 5.57 Å². The first-order valence-electron chi connectivity index (χ1n) is 8.90. The first-order chi connectivity index (χ1) is 13.0. The van der Waals surface area contributed by atoms with Crippen LogP contribution in [-0.4, -0.2) is 40.2 Å². The van der Waals surface area contributed by atoms with Crippen LogP contribution in [0.15, 0.2) is 53.4 Å². The first kappa shape index (κ1) is 17.7. The zero-order chi connectivity index (χ0) is 19.0. The van der Waals surface area contributed by atoms with Crippen molar-refractivity contribution in [2.45, 2.75) is 23.5 Å². The van der Waals surface area contributed by atoms with E-state index in [9.17, 15) is 14.7 Å². The molecule has 6 heteroatoms. The third-order valence-electron chi connectivity index (χ3n) is 4.89. The van der Waals surface area contributed by atoms with Crippen LogP contribution in [0.2, 0.25) is 0 Å². The molecule has 2 aromatic carbocycles. The molecule has 2 aliphatic rings. The zero-order valence-corrected chi connectivity index (χ0v) is 15.8. The Kier molecular flexibility index (Phi) is 4.66. The van der Waals surface area contributed by atoms with E-state index >= 15 is 0 Å². The molecule has 0 fully saturated rings. The molecule has 0 spiro atoms. The second kappa shape index (κ2) is 7.12. The fourth-order valence-corrected chi connectivity index (χ4v) is 4.25. The lowest BCUT2D eigenvalue weighted by Crippen LogP contribution is -2.35. The number of hydrogen-bond acceptors (Lipinski definition) is 4. The topological polar surface area (TPSA) is 69.6 Å². The van der Waals surface area contributed by atoms with E-state index in [0.29, 0.717) is 24.3 Å². The van der Waals surface area contributed by atoms with Crippen molar-refractivity contribution in [1.82, 2.24) is 4.90 Å². The number of nitrogens with zero attached hydrogens (tertiary/aromatic N) is 1. The molecule has 2 heterocycles. The number of nitrogens with one attached hydrogen (secondary N) is 1. The number of carbonyl (C=O) groups excluding carboxylic acids is 2. The average molecular weight is 380 g/mol. The molecule has 2 aliphatic heterocycles. The van der Waals surface area contributed by atoms with E-state index in [4.69, 9.17) is 0 Å². The summed E-state index contributed by atoms with van der Waals surface area (Å²) in [7, 11) is 0. The summed E-state index contributed by atoms with van der Waals surface area (Å²) in [5.74, 6) is 0.187. The Labute approximate surface area is 162 Å². The Hall–Kier alpha value is -2.73. The molecule has 1 atom stereocenters. The molecule has 27 heavy (non-hydrogen) atoms. The van der Waals surface area contributed by atoms with Crippen molar-refractivity contribution >= 4 is 34.8 Å². The van der Waals surface area contributed by atoms with Crippen LogP contribution in [0, 0.1) is 0 Å². The van der Waals surface area contributed by atoms with E-state index in [2.05, 4.69) is 11.4 Å². The van der Waals surface area contributed by atoms with E-state index in [1.807, 2.05) is 36.1 Å². The van der Waals surface area contributed by atoms with Gasteiger partial charge in [-0.05, 0) is 54.8 Å². The first-order valence-corrected chi connectivity index (χ1v) is 9.78. The van der Waals surface area contributed by atoms with Crippen molar-refractivity contribution in [2.24, 2.45) is 0 Å². The normalized spacial score (nSPS) is 19.1. The highest BCUT2D eigenvalue weighted by molar-refractivity contribution is 8.00. The second-order valence-corrected chi connectivity index (χ2v) is 8.12. The van der Waals surface area contributed by atoms with Crippen molar-refractivity contribution in [3.05, 3.63) is 59.7 Å². The molecule has 2 aromatic rings. The predicted octanol–water partition coefficient (Wildman–Crippen LogP) is 3.75. The highest BCUT2D eigenvalue weighted by Crippen LogP contribution is 2.36. The molecule has 1 unspecified atom stereocenters. The monoisotopic (exact) mass is 380 g/mol. The van der Waals surface area contributed by atoms with Gasteiger partial charge in [0.1, 0.15) is 5.75 Å². The number of aromatic hydroxyl groups is 1. The van der Waals surface area contributed by atoms with Gasteiger partial charge in [-0.1, -0.05) is 18.2 Å². The molecular weight excluding hydrogens is 360 g/mol. The van der Waals surface area contributed by atoms with Crippen LogP contribution in [0.3, 0.4) is 0 Å². The molecule has 5 nitrogen and oxygen atoms in total. The van der Waals surface area contributed by atoms with Gasteiger partial charge in [0.2, 0.25) is 5.91 Å². The summed E-state index contributed by atoms with van der Waals surface area (Å²) in [6, 6.07) is 12.6. The number of benzene rings is 2. The van der Waals surface area contributed by atoms with Crippen LogP contribution in [-0.2, 0) is 4.79 Å². The minimum atomic E-state index is -0.121. The van der Waals surface area contributed by atoms with Crippen LogP contribution in [0.4, 0.5) is 5.69 Å². The summed E-state index contributed by atoms with van der Waals surface area (Å²) < 4.78 is 0. The lowest BCUT2D eigenvalue weighted by molar-refractivity contribution is -0.115. The Morgan fingerprint density at radius 2 is 2.00 bits per heavy atom. The van der Waals surface area contributed by atoms with E-state index < -0.39 is 0 Å². The van der Waals surface area contributed by atoms with E-state index in [1.165, 1.54) is 17.3 Å². The van der Waals surface area contributed by atoms with Gasteiger partial charge in [0.25, 0.3) is 5.91 Å². The molecular formula is C21H20N2O3S. The number of thioether (sulfide) groups is 1. The highest BCUT2D eigenvalue weighted by atomic mass is 32.2. The molecule has 0 aromatic heterocycles. The van der Waals surface area contributed by atoms with Gasteiger partial charge in [-0.15, -0.1) is 11.8 Å². The number of hydrogen-bond donors (Lipinski definition) is 2. The molecule has 0 aliphatic carbocycles. The Balaban J connectivity index is 1.49. The van der Waals surface area contributed by atoms with Gasteiger partial charge >= 0.3 is 0 Å². The molecule has 0 bridgehead atoms. The summed E-state index contributed by atoms with van der Waals surface area (Å²) in [5, 5.41) is 12.2. The van der Waals surface area contributed by atoms with Crippen molar-refractivity contribution in [3.8, 4) is 5.75 Å². The Morgan fingerprint density at radius 3 is 2.70 bits per heavy atom. The zero-order valence-electron chi connectivity index (χ0n) is 14.9. The molecule has 0 saturated heterocycles. The number of carbonyl (C=O) groups is 2. The summed E-state index contributed by atoms with van der Waals surface area (Å²) in [6.07, 6.45) is 2.83. The van der Waals surface area contributed by atoms with E-state index in [-0.39, 0.29) is 22.8 Å². The Morgan fingerprint density at radius 1 is 1.22 bits per heavy atom. The maximum atomic E-state index is 12.9. The quantitative estimate of drug-likeness (QED) is 0.832. The van der Waals surface area contributed by atoms with Gasteiger partial charge in [0.05, 0.1) is 10.9 Å². The minimum Gasteiger partial charge on any atom is -0.508 e. The molecule has 0 saturated carbocycles. The summed E-state index contributed by atoms with van der Waals surface area (Å²) in [6.45, 7) is 3.05. The van der Waals surface area contributed by atoms with Crippen LogP contribution >= 0.6 is 11.8 Å². The second-order valence-electron chi connectivity index (χ2n) is 6.74. The lowest BCUT2D eigenvalue weighted by atomic mass is 9.99. The SMILES string of the molecule is CC1Sc2ccc(C(=O)N3CC=C(c4ccc(O)cc4)CC3)cc2NC1=O. The third-order valence-corrected chi connectivity index (χ3v) is 6.07. The lowest BCUT2D eigenvalue weighted by Gasteiger charge is -2.28. The Bertz CT molecular complexity index is 937. The van der Waals surface area contributed by atoms with E-state index in [0.717, 1.165) is 16.9 Å². The van der Waals surface area contributed by atoms with Crippen molar-refractivity contribution in [3.63, 3.8) is 0 Å². The van der Waals surface area contributed by atoms with Gasteiger partial charge in [-0.2, -0.15) is 0 Å². The predicted molar refractivity (Wildman–Crippen MR) is 107 cm³/mol. The number of fused-ring (bicyclic) bond motifs is 1. The largest absolute Gasteiger partial charge is 0.508 e. The molecule has 4 rings (SSSR count). The number of anilines is 1. The van der Waals surface area contributed by atoms with Crippen molar-refractivity contribution in [2.75, 3.05) is 18.4 Å². The van der Waals surface area contributed by atoms with Crippen molar-refractivity contribution in [1.29, 1.82) is 0 Å². The number of phenols is 1. The fraction of sp³-hybridized carbons (Fsp3) is 0.238.